The van der Waals surface area contributed by atoms with Crippen LogP contribution >= 0.6 is 0 Å². The molecule has 13 heavy (non-hydrogen) atoms. The number of hydrogen-bond acceptors (Lipinski definition) is 2. The average Bonchev–Trinajstić information content (AvgIpc) is 2.70. The van der Waals surface area contributed by atoms with Gasteiger partial charge in [0.2, 0.25) is 0 Å². The maximum Gasteiger partial charge on any atom is 0.0790 e. The van der Waals surface area contributed by atoms with Crippen molar-refractivity contribution in [2.24, 2.45) is 5.41 Å². The molecule has 2 nitrogen and oxygen atoms in total. The van der Waals surface area contributed by atoms with Crippen LogP contribution in [0.5, 0.6) is 0 Å². The summed E-state index contributed by atoms with van der Waals surface area (Å²) in [5.74, 6) is 0. The molecule has 0 amide bonds. The van der Waals surface area contributed by atoms with Crippen LogP contribution in [-0.4, -0.2) is 12.1 Å². The summed E-state index contributed by atoms with van der Waals surface area (Å²) in [6.45, 7) is 4.57. The molecule has 76 valence electrons. The van der Waals surface area contributed by atoms with E-state index in [1.165, 1.54) is 38.5 Å². The monoisotopic (exact) mass is 183 g/mol. The molecular weight excluding hydrogens is 162 g/mol. The minimum atomic E-state index is 0.491. The van der Waals surface area contributed by atoms with Crippen LogP contribution in [0.2, 0.25) is 0 Å². The molecule has 2 aliphatic carbocycles. The summed E-state index contributed by atoms with van der Waals surface area (Å²) < 4.78 is 0. The highest BCUT2D eigenvalue weighted by Crippen LogP contribution is 2.48. The molecule has 2 saturated carbocycles. The Balaban J connectivity index is 1.66. The van der Waals surface area contributed by atoms with Crippen molar-refractivity contribution in [2.45, 2.75) is 64.5 Å². The first kappa shape index (κ1) is 9.47. The molecule has 2 aliphatic rings. The maximum atomic E-state index is 5.68. The van der Waals surface area contributed by atoms with Crippen LogP contribution in [0.3, 0.4) is 0 Å². The third-order valence-electron chi connectivity index (χ3n) is 3.80. The summed E-state index contributed by atoms with van der Waals surface area (Å²) in [5.41, 5.74) is 3.75. The van der Waals surface area contributed by atoms with E-state index >= 15 is 0 Å². The Morgan fingerprint density at radius 2 is 1.92 bits per heavy atom. The Morgan fingerprint density at radius 3 is 2.46 bits per heavy atom. The second-order valence-electron chi connectivity index (χ2n) is 5.02. The number of nitrogens with one attached hydrogen (secondary N) is 1. The lowest BCUT2D eigenvalue weighted by Crippen LogP contribution is -2.35. The van der Waals surface area contributed by atoms with Gasteiger partial charge in [0.15, 0.2) is 0 Å². The quantitative estimate of drug-likeness (QED) is 0.676. The predicted molar refractivity (Wildman–Crippen MR) is 53.3 cm³/mol. The fourth-order valence-electron chi connectivity index (χ4n) is 1.98. The zero-order valence-electron chi connectivity index (χ0n) is 8.81. The Hall–Kier alpha value is -0.0800. The Morgan fingerprint density at radius 1 is 1.31 bits per heavy atom. The van der Waals surface area contributed by atoms with Gasteiger partial charge in [0.05, 0.1) is 6.10 Å². The zero-order chi connectivity index (χ0) is 9.31. The van der Waals surface area contributed by atoms with Gasteiger partial charge in [-0.1, -0.05) is 19.8 Å². The molecule has 1 atom stereocenters. The SMILES string of the molecule is CC(NOC1CCCC1)C1(C)CC1. The molecule has 0 aromatic carbocycles. The molecule has 0 aliphatic heterocycles. The smallest absolute Gasteiger partial charge is 0.0790 e. The van der Waals surface area contributed by atoms with E-state index < -0.39 is 0 Å². The van der Waals surface area contributed by atoms with Gasteiger partial charge in [-0.15, -0.1) is 0 Å². The van der Waals surface area contributed by atoms with Gasteiger partial charge in [-0.25, -0.2) is 0 Å². The normalized spacial score (nSPS) is 29.1. The fraction of sp³-hybridized carbons (Fsp3) is 1.00. The van der Waals surface area contributed by atoms with Crippen LogP contribution in [0.4, 0.5) is 0 Å². The number of hydroxylamine groups is 1. The van der Waals surface area contributed by atoms with Crippen molar-refractivity contribution in [3.05, 3.63) is 0 Å². The zero-order valence-corrected chi connectivity index (χ0v) is 8.81. The third-order valence-corrected chi connectivity index (χ3v) is 3.80. The van der Waals surface area contributed by atoms with Gasteiger partial charge in [0.1, 0.15) is 0 Å². The summed E-state index contributed by atoms with van der Waals surface area (Å²) in [4.78, 5) is 5.68. The molecule has 2 rings (SSSR count). The molecule has 1 N–H and O–H groups in total. The summed E-state index contributed by atoms with van der Waals surface area (Å²) >= 11 is 0. The van der Waals surface area contributed by atoms with Crippen molar-refractivity contribution >= 4 is 0 Å². The van der Waals surface area contributed by atoms with E-state index in [-0.39, 0.29) is 0 Å². The maximum absolute atomic E-state index is 5.68. The molecule has 0 bridgehead atoms. The van der Waals surface area contributed by atoms with E-state index in [1.807, 2.05) is 0 Å². The van der Waals surface area contributed by atoms with Gasteiger partial charge in [0.25, 0.3) is 0 Å². The summed E-state index contributed by atoms with van der Waals surface area (Å²) in [7, 11) is 0. The van der Waals surface area contributed by atoms with E-state index in [2.05, 4.69) is 19.3 Å². The average molecular weight is 183 g/mol. The van der Waals surface area contributed by atoms with E-state index in [0.29, 0.717) is 17.6 Å². The van der Waals surface area contributed by atoms with E-state index in [1.54, 1.807) is 0 Å². The van der Waals surface area contributed by atoms with E-state index in [9.17, 15) is 0 Å². The molecule has 2 fully saturated rings. The van der Waals surface area contributed by atoms with Gasteiger partial charge in [0, 0.05) is 6.04 Å². The van der Waals surface area contributed by atoms with Crippen molar-refractivity contribution in [3.63, 3.8) is 0 Å². The fourth-order valence-corrected chi connectivity index (χ4v) is 1.98. The van der Waals surface area contributed by atoms with Crippen molar-refractivity contribution in [3.8, 4) is 0 Å². The first-order chi connectivity index (χ1) is 6.21. The Labute approximate surface area is 81.0 Å². The lowest BCUT2D eigenvalue weighted by atomic mass is 10.0. The Kier molecular flexibility index (Phi) is 2.61. The molecule has 2 heteroatoms. The summed E-state index contributed by atoms with van der Waals surface area (Å²) in [5, 5.41) is 0. The largest absolute Gasteiger partial charge is 0.298 e. The van der Waals surface area contributed by atoms with E-state index in [0.717, 1.165) is 0 Å². The van der Waals surface area contributed by atoms with Crippen LogP contribution in [0.1, 0.15) is 52.4 Å². The van der Waals surface area contributed by atoms with E-state index in [4.69, 9.17) is 4.84 Å². The first-order valence-corrected chi connectivity index (χ1v) is 5.62. The minimum absolute atomic E-state index is 0.491. The lowest BCUT2D eigenvalue weighted by molar-refractivity contribution is -0.0483. The van der Waals surface area contributed by atoms with Crippen LogP contribution in [-0.2, 0) is 4.84 Å². The van der Waals surface area contributed by atoms with Gasteiger partial charge < -0.3 is 0 Å². The second-order valence-corrected chi connectivity index (χ2v) is 5.02. The molecule has 0 radical (unpaired) electrons. The summed E-state index contributed by atoms with van der Waals surface area (Å²) in [6.07, 6.45) is 8.39. The number of rotatable bonds is 4. The standard InChI is InChI=1S/C11H21NO/c1-9(11(2)7-8-11)12-13-10-5-3-4-6-10/h9-10,12H,3-8H2,1-2H3. The van der Waals surface area contributed by atoms with Crippen LogP contribution in [0.15, 0.2) is 0 Å². The second kappa shape index (κ2) is 3.58. The molecule has 0 aromatic heterocycles. The third kappa shape index (κ3) is 2.23. The minimum Gasteiger partial charge on any atom is -0.298 e. The van der Waals surface area contributed by atoms with Gasteiger partial charge in [-0.05, 0) is 38.0 Å². The van der Waals surface area contributed by atoms with Crippen molar-refractivity contribution in [1.82, 2.24) is 5.48 Å². The molecule has 0 aromatic rings. The molecular formula is C11H21NO. The van der Waals surface area contributed by atoms with Gasteiger partial charge >= 0.3 is 0 Å². The van der Waals surface area contributed by atoms with Crippen LogP contribution in [0.25, 0.3) is 0 Å². The Bertz CT molecular complexity index is 171. The van der Waals surface area contributed by atoms with Crippen LogP contribution in [0, 0.1) is 5.41 Å². The van der Waals surface area contributed by atoms with Crippen LogP contribution < -0.4 is 5.48 Å². The van der Waals surface area contributed by atoms with Crippen molar-refractivity contribution < 1.29 is 4.84 Å². The summed E-state index contributed by atoms with van der Waals surface area (Å²) in [6, 6.07) is 0.521. The highest BCUT2D eigenvalue weighted by Gasteiger charge is 2.42. The molecule has 0 saturated heterocycles. The van der Waals surface area contributed by atoms with Gasteiger partial charge in [-0.3, -0.25) is 4.84 Å². The highest BCUT2D eigenvalue weighted by molar-refractivity contribution is 4.95. The topological polar surface area (TPSA) is 21.3 Å². The lowest BCUT2D eigenvalue weighted by Gasteiger charge is -2.22. The first-order valence-electron chi connectivity index (χ1n) is 5.62. The van der Waals surface area contributed by atoms with Crippen molar-refractivity contribution in [1.29, 1.82) is 0 Å². The van der Waals surface area contributed by atoms with Gasteiger partial charge in [-0.2, -0.15) is 5.48 Å². The van der Waals surface area contributed by atoms with Crippen molar-refractivity contribution in [2.75, 3.05) is 0 Å². The molecule has 1 unspecified atom stereocenters. The predicted octanol–water partition coefficient (Wildman–Crippen LogP) is 2.64. The molecule has 0 spiro atoms. The highest BCUT2D eigenvalue weighted by atomic mass is 16.7. The molecule has 0 heterocycles. The number of hydrogen-bond donors (Lipinski definition) is 1.